The van der Waals surface area contributed by atoms with Crippen LogP contribution in [0, 0.1) is 25.2 Å². The first-order valence-corrected chi connectivity index (χ1v) is 6.53. The molecule has 0 bridgehead atoms. The summed E-state index contributed by atoms with van der Waals surface area (Å²) in [6.45, 7) is 4.26. The molecule has 1 aromatic carbocycles. The van der Waals surface area contributed by atoms with Crippen molar-refractivity contribution in [1.29, 1.82) is 0 Å². The molecule has 0 saturated heterocycles. The average molecular weight is 227 g/mol. The van der Waals surface area contributed by atoms with Crippen molar-refractivity contribution >= 4 is 0 Å². The standard InChI is InChI=1S/C16H21N/c1-4-15(5-2)17-16(14-10-11-14)13-8-6-12(3)7-9-13/h1,6-9,14-17H,5,10-11H2,2-3H3. The Hall–Kier alpha value is -1.26. The van der Waals surface area contributed by atoms with Crippen LogP contribution >= 0.6 is 0 Å². The minimum Gasteiger partial charge on any atom is -0.297 e. The van der Waals surface area contributed by atoms with E-state index in [-0.39, 0.29) is 6.04 Å². The summed E-state index contributed by atoms with van der Waals surface area (Å²) in [5.41, 5.74) is 2.69. The van der Waals surface area contributed by atoms with Crippen molar-refractivity contribution in [1.82, 2.24) is 5.32 Å². The summed E-state index contributed by atoms with van der Waals surface area (Å²) in [6, 6.07) is 9.47. The van der Waals surface area contributed by atoms with E-state index in [1.165, 1.54) is 24.0 Å². The molecule has 1 nitrogen and oxygen atoms in total. The molecule has 0 radical (unpaired) electrons. The van der Waals surface area contributed by atoms with E-state index < -0.39 is 0 Å². The summed E-state index contributed by atoms with van der Waals surface area (Å²) in [6.07, 6.45) is 9.19. The lowest BCUT2D eigenvalue weighted by Crippen LogP contribution is -2.32. The topological polar surface area (TPSA) is 12.0 Å². The van der Waals surface area contributed by atoms with Gasteiger partial charge < -0.3 is 0 Å². The van der Waals surface area contributed by atoms with Crippen LogP contribution in [0.15, 0.2) is 24.3 Å². The fourth-order valence-corrected chi connectivity index (χ4v) is 2.21. The molecule has 1 N–H and O–H groups in total. The largest absolute Gasteiger partial charge is 0.297 e. The third kappa shape index (κ3) is 3.11. The summed E-state index contributed by atoms with van der Waals surface area (Å²) < 4.78 is 0. The molecule has 2 unspecified atom stereocenters. The zero-order chi connectivity index (χ0) is 12.3. The maximum atomic E-state index is 5.54. The molecular formula is C16H21N. The second-order valence-corrected chi connectivity index (χ2v) is 5.02. The molecule has 0 amide bonds. The lowest BCUT2D eigenvalue weighted by molar-refractivity contribution is 0.442. The minimum atomic E-state index is 0.196. The number of nitrogens with one attached hydrogen (secondary N) is 1. The number of aryl methyl sites for hydroxylation is 1. The van der Waals surface area contributed by atoms with Crippen LogP contribution in [0.5, 0.6) is 0 Å². The molecule has 0 aromatic heterocycles. The van der Waals surface area contributed by atoms with E-state index in [4.69, 9.17) is 6.42 Å². The van der Waals surface area contributed by atoms with E-state index in [0.717, 1.165) is 12.3 Å². The van der Waals surface area contributed by atoms with Crippen molar-refractivity contribution in [3.05, 3.63) is 35.4 Å². The van der Waals surface area contributed by atoms with E-state index in [1.807, 2.05) is 0 Å². The molecule has 0 spiro atoms. The molecule has 0 heterocycles. The molecule has 17 heavy (non-hydrogen) atoms. The molecule has 1 heteroatoms. The van der Waals surface area contributed by atoms with Gasteiger partial charge in [-0.3, -0.25) is 5.32 Å². The van der Waals surface area contributed by atoms with Gasteiger partial charge in [0, 0.05) is 6.04 Å². The quantitative estimate of drug-likeness (QED) is 0.760. The number of hydrogen-bond acceptors (Lipinski definition) is 1. The summed E-state index contributed by atoms with van der Waals surface area (Å²) in [5.74, 6) is 3.61. The van der Waals surface area contributed by atoms with Crippen molar-refractivity contribution in [2.75, 3.05) is 0 Å². The minimum absolute atomic E-state index is 0.196. The van der Waals surface area contributed by atoms with Crippen LogP contribution in [0.25, 0.3) is 0 Å². The maximum absolute atomic E-state index is 5.54. The summed E-state index contributed by atoms with van der Waals surface area (Å²) >= 11 is 0. The van der Waals surface area contributed by atoms with E-state index >= 15 is 0 Å². The third-order valence-corrected chi connectivity index (χ3v) is 3.52. The molecule has 1 aliphatic rings. The summed E-state index contributed by atoms with van der Waals surface area (Å²) in [5, 5.41) is 3.62. The van der Waals surface area contributed by atoms with Crippen molar-refractivity contribution in [2.45, 2.75) is 45.2 Å². The maximum Gasteiger partial charge on any atom is 0.0689 e. The highest BCUT2D eigenvalue weighted by Crippen LogP contribution is 2.41. The molecular weight excluding hydrogens is 206 g/mol. The molecule has 90 valence electrons. The van der Waals surface area contributed by atoms with Gasteiger partial charge >= 0.3 is 0 Å². The molecule has 2 atom stereocenters. The van der Waals surface area contributed by atoms with Crippen LogP contribution in [-0.4, -0.2) is 6.04 Å². The number of benzene rings is 1. The van der Waals surface area contributed by atoms with Gasteiger partial charge in [0.05, 0.1) is 6.04 Å². The van der Waals surface area contributed by atoms with Gasteiger partial charge in [-0.1, -0.05) is 42.7 Å². The zero-order valence-corrected chi connectivity index (χ0v) is 10.7. The zero-order valence-electron chi connectivity index (χ0n) is 10.7. The first-order valence-electron chi connectivity index (χ1n) is 6.53. The fraction of sp³-hybridized carbons (Fsp3) is 0.500. The van der Waals surface area contributed by atoms with Crippen molar-refractivity contribution in [3.63, 3.8) is 0 Å². The normalized spacial score (nSPS) is 18.4. The molecule has 1 aliphatic carbocycles. The van der Waals surface area contributed by atoms with Crippen LogP contribution in [0.4, 0.5) is 0 Å². The van der Waals surface area contributed by atoms with E-state index in [1.54, 1.807) is 0 Å². The predicted octanol–water partition coefficient (Wildman–Crippen LogP) is 3.45. The Balaban J connectivity index is 2.12. The van der Waals surface area contributed by atoms with Crippen LogP contribution in [0.2, 0.25) is 0 Å². The second-order valence-electron chi connectivity index (χ2n) is 5.02. The van der Waals surface area contributed by atoms with Crippen LogP contribution in [0.1, 0.15) is 43.4 Å². The molecule has 1 saturated carbocycles. The van der Waals surface area contributed by atoms with E-state index in [2.05, 4.69) is 49.4 Å². The van der Waals surface area contributed by atoms with Gasteiger partial charge in [-0.2, -0.15) is 0 Å². The van der Waals surface area contributed by atoms with Gasteiger partial charge in [-0.15, -0.1) is 6.42 Å². The summed E-state index contributed by atoms with van der Waals surface area (Å²) in [4.78, 5) is 0. The van der Waals surface area contributed by atoms with Gasteiger partial charge in [0.1, 0.15) is 0 Å². The molecule has 2 rings (SSSR count). The van der Waals surface area contributed by atoms with E-state index in [0.29, 0.717) is 6.04 Å². The van der Waals surface area contributed by atoms with Gasteiger partial charge in [0.25, 0.3) is 0 Å². The van der Waals surface area contributed by atoms with Gasteiger partial charge in [-0.25, -0.2) is 0 Å². The Morgan fingerprint density at radius 3 is 2.47 bits per heavy atom. The number of terminal acetylenes is 1. The predicted molar refractivity (Wildman–Crippen MR) is 72.7 cm³/mol. The highest BCUT2D eigenvalue weighted by atomic mass is 15.0. The van der Waals surface area contributed by atoms with Gasteiger partial charge in [0.15, 0.2) is 0 Å². The summed E-state index contributed by atoms with van der Waals surface area (Å²) in [7, 11) is 0. The lowest BCUT2D eigenvalue weighted by Gasteiger charge is -2.22. The highest BCUT2D eigenvalue weighted by Gasteiger charge is 2.32. The Kier molecular flexibility index (Phi) is 3.86. The number of hydrogen-bond donors (Lipinski definition) is 1. The van der Waals surface area contributed by atoms with Crippen LogP contribution in [0.3, 0.4) is 0 Å². The molecule has 1 fully saturated rings. The second kappa shape index (κ2) is 5.38. The third-order valence-electron chi connectivity index (χ3n) is 3.52. The fourth-order valence-electron chi connectivity index (χ4n) is 2.21. The molecule has 1 aromatic rings. The van der Waals surface area contributed by atoms with Gasteiger partial charge in [0.2, 0.25) is 0 Å². The Labute approximate surface area is 105 Å². The van der Waals surface area contributed by atoms with Crippen molar-refractivity contribution in [3.8, 4) is 12.3 Å². The Bertz CT molecular complexity index is 395. The average Bonchev–Trinajstić information content (AvgIpc) is 3.17. The SMILES string of the molecule is C#CC(CC)NC(c1ccc(C)cc1)C1CC1. The Morgan fingerprint density at radius 2 is 2.00 bits per heavy atom. The first-order chi connectivity index (χ1) is 8.24. The Morgan fingerprint density at radius 1 is 1.35 bits per heavy atom. The molecule has 0 aliphatic heterocycles. The highest BCUT2D eigenvalue weighted by molar-refractivity contribution is 5.26. The van der Waals surface area contributed by atoms with Crippen molar-refractivity contribution in [2.24, 2.45) is 5.92 Å². The number of rotatable bonds is 5. The van der Waals surface area contributed by atoms with Crippen molar-refractivity contribution < 1.29 is 0 Å². The van der Waals surface area contributed by atoms with E-state index in [9.17, 15) is 0 Å². The van der Waals surface area contributed by atoms with Gasteiger partial charge in [-0.05, 0) is 37.7 Å². The smallest absolute Gasteiger partial charge is 0.0689 e. The first kappa shape index (κ1) is 12.2. The lowest BCUT2D eigenvalue weighted by atomic mass is 10.00. The van der Waals surface area contributed by atoms with Crippen LogP contribution in [-0.2, 0) is 0 Å². The van der Waals surface area contributed by atoms with Crippen LogP contribution < -0.4 is 5.32 Å². The monoisotopic (exact) mass is 227 g/mol.